The molecule has 19 heavy (non-hydrogen) atoms. The van der Waals surface area contributed by atoms with Crippen LogP contribution in [-0.4, -0.2) is 5.78 Å². The molecule has 1 unspecified atom stereocenters. The SMILES string of the molecule is CCCCC(CC)C(=O)c1cc2c(Br)sc(Br)c2s1. The van der Waals surface area contributed by atoms with Gasteiger partial charge >= 0.3 is 0 Å². The Morgan fingerprint density at radius 1 is 1.26 bits per heavy atom. The molecule has 0 saturated carbocycles. The van der Waals surface area contributed by atoms with Crippen molar-refractivity contribution in [1.29, 1.82) is 0 Å². The third-order valence-corrected chi connectivity index (χ3v) is 7.45. The van der Waals surface area contributed by atoms with Gasteiger partial charge in [0.15, 0.2) is 5.78 Å². The number of hydrogen-bond donors (Lipinski definition) is 0. The zero-order valence-corrected chi connectivity index (χ0v) is 15.8. The van der Waals surface area contributed by atoms with Gasteiger partial charge in [0.25, 0.3) is 0 Å². The van der Waals surface area contributed by atoms with Crippen molar-refractivity contribution in [3.8, 4) is 0 Å². The summed E-state index contributed by atoms with van der Waals surface area (Å²) >= 11 is 10.4. The van der Waals surface area contributed by atoms with Gasteiger partial charge in [0.05, 0.1) is 17.1 Å². The van der Waals surface area contributed by atoms with Crippen LogP contribution in [0.4, 0.5) is 0 Å². The average molecular weight is 424 g/mol. The van der Waals surface area contributed by atoms with Crippen molar-refractivity contribution in [3.05, 3.63) is 18.5 Å². The van der Waals surface area contributed by atoms with E-state index in [1.165, 1.54) is 4.70 Å². The minimum Gasteiger partial charge on any atom is -0.293 e. The van der Waals surface area contributed by atoms with E-state index >= 15 is 0 Å². The lowest BCUT2D eigenvalue weighted by molar-refractivity contribution is 0.0912. The van der Waals surface area contributed by atoms with Crippen molar-refractivity contribution in [1.82, 2.24) is 0 Å². The van der Waals surface area contributed by atoms with Gasteiger partial charge in [0.1, 0.15) is 0 Å². The first kappa shape index (κ1) is 15.7. The van der Waals surface area contributed by atoms with Crippen molar-refractivity contribution < 1.29 is 4.79 Å². The molecule has 2 rings (SSSR count). The lowest BCUT2D eigenvalue weighted by atomic mass is 9.94. The van der Waals surface area contributed by atoms with E-state index in [1.807, 2.05) is 6.07 Å². The van der Waals surface area contributed by atoms with Gasteiger partial charge in [0.2, 0.25) is 0 Å². The van der Waals surface area contributed by atoms with Crippen LogP contribution in [0.3, 0.4) is 0 Å². The molecule has 0 aliphatic heterocycles. The lowest BCUT2D eigenvalue weighted by Gasteiger charge is -2.11. The summed E-state index contributed by atoms with van der Waals surface area (Å²) in [6.07, 6.45) is 4.24. The Kier molecular flexibility index (Phi) is 5.64. The van der Waals surface area contributed by atoms with Gasteiger partial charge in [-0.25, -0.2) is 0 Å². The predicted octanol–water partition coefficient (Wildman–Crippen LogP) is 6.89. The van der Waals surface area contributed by atoms with Crippen LogP contribution in [-0.2, 0) is 0 Å². The van der Waals surface area contributed by atoms with E-state index in [0.29, 0.717) is 5.78 Å². The van der Waals surface area contributed by atoms with Crippen LogP contribution in [0.1, 0.15) is 49.2 Å². The normalized spacial score (nSPS) is 13.1. The highest BCUT2D eigenvalue weighted by molar-refractivity contribution is 9.12. The number of fused-ring (bicyclic) bond motifs is 1. The molecule has 0 spiro atoms. The Morgan fingerprint density at radius 3 is 2.58 bits per heavy atom. The molecule has 2 aromatic heterocycles. The molecule has 2 aromatic rings. The second-order valence-electron chi connectivity index (χ2n) is 4.61. The summed E-state index contributed by atoms with van der Waals surface area (Å²) in [7, 11) is 0. The maximum Gasteiger partial charge on any atom is 0.175 e. The van der Waals surface area contributed by atoms with Crippen LogP contribution in [0.25, 0.3) is 10.1 Å². The molecule has 1 nitrogen and oxygen atoms in total. The zero-order chi connectivity index (χ0) is 14.0. The van der Waals surface area contributed by atoms with Crippen molar-refractivity contribution in [2.45, 2.75) is 39.5 Å². The number of halogens is 2. The summed E-state index contributed by atoms with van der Waals surface area (Å²) in [6.45, 7) is 4.28. The number of carbonyl (C=O) groups excluding carboxylic acids is 1. The Hall–Kier alpha value is 0.290. The maximum atomic E-state index is 12.6. The summed E-state index contributed by atoms with van der Waals surface area (Å²) in [5.41, 5.74) is 0. The topological polar surface area (TPSA) is 17.1 Å². The third kappa shape index (κ3) is 3.31. The highest BCUT2D eigenvalue weighted by atomic mass is 79.9. The van der Waals surface area contributed by atoms with Gasteiger partial charge < -0.3 is 0 Å². The maximum absolute atomic E-state index is 12.6. The Labute approximate surface area is 138 Å². The van der Waals surface area contributed by atoms with Crippen LogP contribution in [0, 0.1) is 5.92 Å². The number of ketones is 1. The minimum atomic E-state index is 0.184. The number of carbonyl (C=O) groups is 1. The zero-order valence-electron chi connectivity index (χ0n) is 11.0. The van der Waals surface area contributed by atoms with E-state index in [1.54, 1.807) is 22.7 Å². The molecule has 1 atom stereocenters. The first-order valence-corrected chi connectivity index (χ1v) is 9.71. The second kappa shape index (κ2) is 6.83. The van der Waals surface area contributed by atoms with Gasteiger partial charge in [-0.1, -0.05) is 26.7 Å². The second-order valence-corrected chi connectivity index (χ2v) is 9.32. The van der Waals surface area contributed by atoms with E-state index in [0.717, 1.165) is 43.5 Å². The van der Waals surface area contributed by atoms with Gasteiger partial charge in [-0.15, -0.1) is 22.7 Å². The molecule has 0 amide bonds. The highest BCUT2D eigenvalue weighted by Crippen LogP contribution is 2.44. The van der Waals surface area contributed by atoms with Crippen LogP contribution >= 0.6 is 54.5 Å². The van der Waals surface area contributed by atoms with Gasteiger partial charge in [-0.2, -0.15) is 0 Å². The Balaban J connectivity index is 2.27. The molecule has 5 heteroatoms. The molecule has 0 bridgehead atoms. The Morgan fingerprint density at radius 2 is 2.00 bits per heavy atom. The van der Waals surface area contributed by atoms with E-state index in [2.05, 4.69) is 45.7 Å². The molecule has 0 radical (unpaired) electrons. The predicted molar refractivity (Wildman–Crippen MR) is 92.7 cm³/mol. The first-order chi connectivity index (χ1) is 9.08. The van der Waals surface area contributed by atoms with E-state index in [-0.39, 0.29) is 5.92 Å². The van der Waals surface area contributed by atoms with Crippen molar-refractivity contribution in [3.63, 3.8) is 0 Å². The molecular weight excluding hydrogens is 408 g/mol. The summed E-state index contributed by atoms with van der Waals surface area (Å²) < 4.78 is 3.40. The monoisotopic (exact) mass is 422 g/mol. The number of Topliss-reactive ketones (excluding diaryl/α,β-unsaturated/α-hetero) is 1. The number of hydrogen-bond acceptors (Lipinski definition) is 3. The smallest absolute Gasteiger partial charge is 0.175 e. The van der Waals surface area contributed by atoms with E-state index in [9.17, 15) is 4.79 Å². The quantitative estimate of drug-likeness (QED) is 0.462. The van der Waals surface area contributed by atoms with Gasteiger partial charge in [-0.3, -0.25) is 4.79 Å². The Bertz CT molecular complexity index is 551. The molecule has 0 saturated heterocycles. The summed E-state index contributed by atoms with van der Waals surface area (Å²) in [5, 5.41) is 1.16. The summed E-state index contributed by atoms with van der Waals surface area (Å²) in [4.78, 5) is 13.5. The van der Waals surface area contributed by atoms with E-state index in [4.69, 9.17) is 0 Å². The van der Waals surface area contributed by atoms with E-state index < -0.39 is 0 Å². The fraction of sp³-hybridized carbons (Fsp3) is 0.500. The van der Waals surface area contributed by atoms with Crippen molar-refractivity contribution in [2.75, 3.05) is 0 Å². The molecule has 0 fully saturated rings. The van der Waals surface area contributed by atoms with Gasteiger partial charge in [-0.05, 0) is 50.8 Å². The van der Waals surface area contributed by atoms with Gasteiger partial charge in [0, 0.05) is 11.3 Å². The average Bonchev–Trinajstić information content (AvgIpc) is 2.93. The lowest BCUT2D eigenvalue weighted by Crippen LogP contribution is -2.12. The summed E-state index contributed by atoms with van der Waals surface area (Å²) in [5.74, 6) is 0.505. The molecule has 0 aromatic carbocycles. The third-order valence-electron chi connectivity index (χ3n) is 3.31. The van der Waals surface area contributed by atoms with Crippen LogP contribution in [0.2, 0.25) is 0 Å². The highest BCUT2D eigenvalue weighted by Gasteiger charge is 2.22. The molecule has 0 N–H and O–H groups in total. The van der Waals surface area contributed by atoms with Crippen LogP contribution < -0.4 is 0 Å². The van der Waals surface area contributed by atoms with Crippen molar-refractivity contribution in [2.24, 2.45) is 5.92 Å². The number of thiophene rings is 2. The summed E-state index contributed by atoms with van der Waals surface area (Å²) in [6, 6.07) is 2.04. The molecule has 2 heterocycles. The molecule has 104 valence electrons. The number of rotatable bonds is 6. The van der Waals surface area contributed by atoms with Crippen molar-refractivity contribution >= 4 is 70.4 Å². The first-order valence-electron chi connectivity index (χ1n) is 6.50. The molecule has 0 aliphatic rings. The largest absolute Gasteiger partial charge is 0.293 e. The molecular formula is C14H16Br2OS2. The van der Waals surface area contributed by atoms with Crippen LogP contribution in [0.15, 0.2) is 13.6 Å². The molecule has 0 aliphatic carbocycles. The minimum absolute atomic E-state index is 0.184. The van der Waals surface area contributed by atoms with Crippen LogP contribution in [0.5, 0.6) is 0 Å². The standard InChI is InChI=1S/C14H16Br2OS2/c1-3-5-6-8(4-2)11(17)10-7-9-12(18-10)14(16)19-13(9)15/h7-8H,3-6H2,1-2H3. The fourth-order valence-corrected chi connectivity index (χ4v) is 6.64. The number of unbranched alkanes of at least 4 members (excludes halogenated alkanes) is 1. The fourth-order valence-electron chi connectivity index (χ4n) is 2.16.